The molecule has 2 heterocycles. The van der Waals surface area contributed by atoms with Gasteiger partial charge in [-0.2, -0.15) is 0 Å². The molecule has 7 nitrogen and oxygen atoms in total. The standard InChI is InChI=1S/C19H19N3O4/c1-11-5-7-13(8-6-11)15-9-14(17-12(2)21-26-18(17)20-15)19(24)25-10-16(23)22(3)4/h5-9H,10H2,1-4H3. The van der Waals surface area contributed by atoms with Crippen LogP contribution in [0, 0.1) is 13.8 Å². The Hall–Kier alpha value is -3.22. The van der Waals surface area contributed by atoms with Crippen molar-refractivity contribution in [1.82, 2.24) is 15.0 Å². The average Bonchev–Trinajstić information content (AvgIpc) is 3.00. The zero-order valence-corrected chi connectivity index (χ0v) is 15.1. The molecule has 0 fully saturated rings. The Bertz CT molecular complexity index is 974. The highest BCUT2D eigenvalue weighted by atomic mass is 16.5. The van der Waals surface area contributed by atoms with Crippen LogP contribution in [-0.2, 0) is 9.53 Å². The van der Waals surface area contributed by atoms with Crippen LogP contribution < -0.4 is 0 Å². The number of nitrogens with zero attached hydrogens (tertiary/aromatic N) is 3. The molecule has 0 aliphatic carbocycles. The molecule has 0 unspecified atom stereocenters. The summed E-state index contributed by atoms with van der Waals surface area (Å²) in [5.74, 6) is -0.920. The molecule has 0 aliphatic heterocycles. The molecule has 1 aromatic carbocycles. The van der Waals surface area contributed by atoms with Gasteiger partial charge in [-0.3, -0.25) is 4.79 Å². The minimum atomic E-state index is -0.618. The molecule has 0 N–H and O–H groups in total. The second-order valence-electron chi connectivity index (χ2n) is 6.23. The van der Waals surface area contributed by atoms with Crippen molar-refractivity contribution in [2.75, 3.05) is 20.7 Å². The number of aryl methyl sites for hydroxylation is 2. The van der Waals surface area contributed by atoms with Crippen LogP contribution in [0.2, 0.25) is 0 Å². The highest BCUT2D eigenvalue weighted by Crippen LogP contribution is 2.27. The maximum Gasteiger partial charge on any atom is 0.339 e. The second kappa shape index (κ2) is 6.95. The second-order valence-corrected chi connectivity index (χ2v) is 6.23. The topological polar surface area (TPSA) is 85.5 Å². The van der Waals surface area contributed by atoms with E-state index in [1.807, 2.05) is 31.2 Å². The van der Waals surface area contributed by atoms with E-state index in [0.717, 1.165) is 11.1 Å². The van der Waals surface area contributed by atoms with E-state index in [0.29, 0.717) is 16.8 Å². The lowest BCUT2D eigenvalue weighted by molar-refractivity contribution is -0.131. The third-order valence-electron chi connectivity index (χ3n) is 4.01. The quantitative estimate of drug-likeness (QED) is 0.671. The van der Waals surface area contributed by atoms with Crippen molar-refractivity contribution in [3.63, 3.8) is 0 Å². The normalized spacial score (nSPS) is 10.8. The summed E-state index contributed by atoms with van der Waals surface area (Å²) in [4.78, 5) is 30.1. The number of pyridine rings is 1. The van der Waals surface area contributed by atoms with Crippen LogP contribution in [0.1, 0.15) is 21.6 Å². The van der Waals surface area contributed by atoms with Crippen molar-refractivity contribution in [3.05, 3.63) is 47.2 Å². The highest BCUT2D eigenvalue weighted by molar-refractivity contribution is 6.04. The van der Waals surface area contributed by atoms with Crippen LogP contribution in [-0.4, -0.2) is 47.6 Å². The van der Waals surface area contributed by atoms with Gasteiger partial charge >= 0.3 is 5.97 Å². The lowest BCUT2D eigenvalue weighted by Crippen LogP contribution is -2.27. The first kappa shape index (κ1) is 17.6. The third-order valence-corrected chi connectivity index (χ3v) is 4.01. The zero-order chi connectivity index (χ0) is 18.8. The van der Waals surface area contributed by atoms with Gasteiger partial charge in [0.1, 0.15) is 0 Å². The van der Waals surface area contributed by atoms with Gasteiger partial charge in [-0.15, -0.1) is 0 Å². The van der Waals surface area contributed by atoms with Gasteiger partial charge in [0, 0.05) is 19.7 Å². The summed E-state index contributed by atoms with van der Waals surface area (Å²) in [6.07, 6.45) is 0. The molecule has 0 aliphatic rings. The van der Waals surface area contributed by atoms with E-state index in [2.05, 4.69) is 10.1 Å². The molecule has 2 aromatic heterocycles. The average molecular weight is 353 g/mol. The van der Waals surface area contributed by atoms with Gasteiger partial charge in [0.15, 0.2) is 6.61 Å². The van der Waals surface area contributed by atoms with E-state index >= 15 is 0 Å². The van der Waals surface area contributed by atoms with Gasteiger partial charge in [0.05, 0.1) is 22.3 Å². The maximum atomic E-state index is 12.6. The monoisotopic (exact) mass is 353 g/mol. The molecule has 0 atom stereocenters. The van der Waals surface area contributed by atoms with E-state index < -0.39 is 5.97 Å². The van der Waals surface area contributed by atoms with Crippen molar-refractivity contribution in [2.45, 2.75) is 13.8 Å². The molecule has 1 amide bonds. The van der Waals surface area contributed by atoms with Gasteiger partial charge in [-0.05, 0) is 19.9 Å². The minimum Gasteiger partial charge on any atom is -0.452 e. The Balaban J connectivity index is 2.02. The first-order chi connectivity index (χ1) is 12.4. The number of carbonyl (C=O) groups excluding carboxylic acids is 2. The molecular formula is C19H19N3O4. The molecule has 134 valence electrons. The van der Waals surface area contributed by atoms with Crippen LogP contribution >= 0.6 is 0 Å². The van der Waals surface area contributed by atoms with Crippen molar-refractivity contribution in [1.29, 1.82) is 0 Å². The molecule has 3 aromatic rings. The maximum absolute atomic E-state index is 12.6. The van der Waals surface area contributed by atoms with Crippen molar-refractivity contribution >= 4 is 23.0 Å². The number of aromatic nitrogens is 2. The fourth-order valence-corrected chi connectivity index (χ4v) is 2.46. The number of rotatable bonds is 4. The van der Waals surface area contributed by atoms with Crippen molar-refractivity contribution < 1.29 is 18.8 Å². The first-order valence-electron chi connectivity index (χ1n) is 8.08. The Morgan fingerprint density at radius 1 is 1.15 bits per heavy atom. The van der Waals surface area contributed by atoms with Crippen LogP contribution in [0.5, 0.6) is 0 Å². The summed E-state index contributed by atoms with van der Waals surface area (Å²) >= 11 is 0. The van der Waals surface area contributed by atoms with Crippen molar-refractivity contribution in [2.24, 2.45) is 0 Å². The molecule has 0 saturated carbocycles. The Labute approximate surface area is 150 Å². The Morgan fingerprint density at radius 2 is 1.85 bits per heavy atom. The lowest BCUT2D eigenvalue weighted by Gasteiger charge is -2.11. The highest BCUT2D eigenvalue weighted by Gasteiger charge is 2.21. The predicted octanol–water partition coefficient (Wildman–Crippen LogP) is 2.75. The van der Waals surface area contributed by atoms with E-state index in [1.54, 1.807) is 27.1 Å². The summed E-state index contributed by atoms with van der Waals surface area (Å²) < 4.78 is 10.4. The molecule has 7 heteroatoms. The number of likely N-dealkylation sites (N-methyl/N-ethyl adjacent to an activating group) is 1. The fraction of sp³-hybridized carbons (Fsp3) is 0.263. The smallest absolute Gasteiger partial charge is 0.339 e. The number of benzene rings is 1. The Morgan fingerprint density at radius 3 is 2.50 bits per heavy atom. The number of fused-ring (bicyclic) bond motifs is 1. The molecule has 0 spiro atoms. The number of esters is 1. The van der Waals surface area contributed by atoms with Gasteiger partial charge < -0.3 is 14.2 Å². The Kier molecular flexibility index (Phi) is 4.71. The van der Waals surface area contributed by atoms with E-state index in [-0.39, 0.29) is 23.8 Å². The molecule has 0 bridgehead atoms. The number of hydrogen-bond donors (Lipinski definition) is 0. The summed E-state index contributed by atoms with van der Waals surface area (Å²) in [7, 11) is 3.20. The number of hydrogen-bond acceptors (Lipinski definition) is 6. The number of carbonyl (C=O) groups is 2. The first-order valence-corrected chi connectivity index (χ1v) is 8.08. The minimum absolute atomic E-state index is 0.256. The molecule has 26 heavy (non-hydrogen) atoms. The molecular weight excluding hydrogens is 334 g/mol. The molecule has 3 rings (SSSR count). The molecule has 0 saturated heterocycles. The largest absolute Gasteiger partial charge is 0.452 e. The van der Waals surface area contributed by atoms with E-state index in [9.17, 15) is 9.59 Å². The van der Waals surface area contributed by atoms with Gasteiger partial charge in [-0.1, -0.05) is 35.0 Å². The lowest BCUT2D eigenvalue weighted by atomic mass is 10.0. The summed E-state index contributed by atoms with van der Waals surface area (Å²) in [6.45, 7) is 3.38. The van der Waals surface area contributed by atoms with E-state index in [1.165, 1.54) is 4.90 Å². The number of ether oxygens (including phenoxy) is 1. The van der Waals surface area contributed by atoms with Crippen LogP contribution in [0.3, 0.4) is 0 Å². The van der Waals surface area contributed by atoms with Crippen molar-refractivity contribution in [3.8, 4) is 11.3 Å². The van der Waals surface area contributed by atoms with Gasteiger partial charge in [-0.25, -0.2) is 9.78 Å². The summed E-state index contributed by atoms with van der Waals surface area (Å²) in [6, 6.07) is 9.38. The molecule has 0 radical (unpaired) electrons. The predicted molar refractivity (Wildman–Crippen MR) is 95.7 cm³/mol. The van der Waals surface area contributed by atoms with Crippen LogP contribution in [0.25, 0.3) is 22.4 Å². The fourth-order valence-electron chi connectivity index (χ4n) is 2.46. The van der Waals surface area contributed by atoms with Crippen LogP contribution in [0.15, 0.2) is 34.9 Å². The number of amides is 1. The summed E-state index contributed by atoms with van der Waals surface area (Å²) in [5, 5.41) is 4.38. The third kappa shape index (κ3) is 3.42. The van der Waals surface area contributed by atoms with E-state index in [4.69, 9.17) is 9.26 Å². The summed E-state index contributed by atoms with van der Waals surface area (Å²) in [5.41, 5.74) is 3.59. The zero-order valence-electron chi connectivity index (χ0n) is 15.1. The SMILES string of the molecule is Cc1ccc(-c2cc(C(=O)OCC(=O)N(C)C)c3c(C)noc3n2)cc1. The van der Waals surface area contributed by atoms with Gasteiger partial charge in [0.25, 0.3) is 11.6 Å². The van der Waals surface area contributed by atoms with Gasteiger partial charge in [0.2, 0.25) is 0 Å². The van der Waals surface area contributed by atoms with Crippen LogP contribution in [0.4, 0.5) is 0 Å².